The molecule has 2 rings (SSSR count). The van der Waals surface area contributed by atoms with Crippen molar-refractivity contribution in [2.45, 2.75) is 45.6 Å². The predicted molar refractivity (Wildman–Crippen MR) is 105 cm³/mol. The summed E-state index contributed by atoms with van der Waals surface area (Å²) in [6, 6.07) is 0.748. The second-order valence-corrected chi connectivity index (χ2v) is 10.2. The highest BCUT2D eigenvalue weighted by Gasteiger charge is 2.29. The number of nitrogens with one attached hydrogen (secondary N) is 1. The van der Waals surface area contributed by atoms with Gasteiger partial charge in [0.1, 0.15) is 9.84 Å². The number of piperazine rings is 1. The predicted octanol–water partition coefficient (Wildman–Crippen LogP) is 1.44. The molecule has 25 heavy (non-hydrogen) atoms. The van der Waals surface area contributed by atoms with Gasteiger partial charge in [-0.05, 0) is 37.5 Å². The maximum Gasteiger partial charge on any atom is 0.193 e. The molecule has 2 fully saturated rings. The lowest BCUT2D eigenvalue weighted by atomic mass is 9.79. The van der Waals surface area contributed by atoms with Gasteiger partial charge in [0.25, 0.3) is 0 Å². The summed E-state index contributed by atoms with van der Waals surface area (Å²) >= 11 is 0. The Kier molecular flexibility index (Phi) is 7.55. The van der Waals surface area contributed by atoms with Gasteiger partial charge in [-0.1, -0.05) is 13.8 Å². The maximum absolute atomic E-state index is 11.3. The van der Waals surface area contributed by atoms with E-state index >= 15 is 0 Å². The van der Waals surface area contributed by atoms with Gasteiger partial charge in [0.2, 0.25) is 0 Å². The van der Waals surface area contributed by atoms with Crippen LogP contribution in [0.25, 0.3) is 0 Å². The third-order valence-electron chi connectivity index (χ3n) is 5.78. The fourth-order valence-corrected chi connectivity index (χ4v) is 4.59. The quantitative estimate of drug-likeness (QED) is 0.584. The first-order valence-electron chi connectivity index (χ1n) is 9.67. The van der Waals surface area contributed by atoms with Crippen molar-refractivity contribution in [2.75, 3.05) is 51.8 Å². The SMILES string of the molecule is CN=C(NCCS(C)(=O)=O)N1CCN(C2CCC(C(C)C)CC2)CC1. The standard InChI is InChI=1S/C18H36N4O2S/c1-15(2)16-5-7-17(8-6-16)21-10-12-22(13-11-21)18(19-3)20-9-14-25(4,23)24/h15-17H,5-14H2,1-4H3,(H,19,20). The molecule has 2 aliphatic rings. The smallest absolute Gasteiger partial charge is 0.193 e. The third-order valence-corrected chi connectivity index (χ3v) is 6.73. The Morgan fingerprint density at radius 1 is 1.12 bits per heavy atom. The summed E-state index contributed by atoms with van der Waals surface area (Å²) in [5, 5.41) is 3.19. The molecule has 1 heterocycles. The Hall–Kier alpha value is -0.820. The minimum absolute atomic E-state index is 0.144. The van der Waals surface area contributed by atoms with Gasteiger partial charge in [0.05, 0.1) is 5.75 Å². The maximum atomic E-state index is 11.3. The Morgan fingerprint density at radius 3 is 2.20 bits per heavy atom. The van der Waals surface area contributed by atoms with E-state index in [1.54, 1.807) is 7.05 Å². The zero-order chi connectivity index (χ0) is 18.4. The summed E-state index contributed by atoms with van der Waals surface area (Å²) in [6.45, 7) is 9.20. The summed E-state index contributed by atoms with van der Waals surface area (Å²) in [4.78, 5) is 9.21. The number of hydrogen-bond acceptors (Lipinski definition) is 4. The van der Waals surface area contributed by atoms with Crippen LogP contribution < -0.4 is 5.32 Å². The molecule has 1 saturated heterocycles. The fourth-order valence-electron chi connectivity index (χ4n) is 4.11. The number of hydrogen-bond donors (Lipinski definition) is 1. The first kappa shape index (κ1) is 20.5. The van der Waals surface area contributed by atoms with Crippen molar-refractivity contribution in [1.82, 2.24) is 15.1 Å². The summed E-state index contributed by atoms with van der Waals surface area (Å²) in [5.41, 5.74) is 0. The normalized spacial score (nSPS) is 26.9. The zero-order valence-electron chi connectivity index (χ0n) is 16.4. The van der Waals surface area contributed by atoms with Gasteiger partial charge in [-0.3, -0.25) is 9.89 Å². The van der Waals surface area contributed by atoms with Gasteiger partial charge in [0.15, 0.2) is 5.96 Å². The summed E-state index contributed by atoms with van der Waals surface area (Å²) in [6.07, 6.45) is 6.69. The molecular weight excluding hydrogens is 336 g/mol. The Balaban J connectivity index is 1.75. The molecular formula is C18H36N4O2S. The molecule has 0 amide bonds. The zero-order valence-corrected chi connectivity index (χ0v) is 17.2. The largest absolute Gasteiger partial charge is 0.355 e. The molecule has 0 radical (unpaired) electrons. The molecule has 6 nitrogen and oxygen atoms in total. The van der Waals surface area contributed by atoms with Gasteiger partial charge in [-0.25, -0.2) is 8.42 Å². The number of nitrogens with zero attached hydrogens (tertiary/aromatic N) is 3. The highest BCUT2D eigenvalue weighted by atomic mass is 32.2. The van der Waals surface area contributed by atoms with E-state index in [-0.39, 0.29) is 5.75 Å². The van der Waals surface area contributed by atoms with E-state index in [1.807, 2.05) is 0 Å². The van der Waals surface area contributed by atoms with E-state index in [1.165, 1.54) is 31.9 Å². The Labute approximate surface area is 154 Å². The molecule has 0 aromatic carbocycles. The molecule has 0 aromatic heterocycles. The third kappa shape index (κ3) is 6.44. The van der Waals surface area contributed by atoms with Crippen molar-refractivity contribution in [3.63, 3.8) is 0 Å². The van der Waals surface area contributed by atoms with Gasteiger partial charge in [0, 0.05) is 52.1 Å². The van der Waals surface area contributed by atoms with E-state index in [0.29, 0.717) is 6.54 Å². The van der Waals surface area contributed by atoms with Crippen molar-refractivity contribution in [2.24, 2.45) is 16.8 Å². The van der Waals surface area contributed by atoms with E-state index < -0.39 is 9.84 Å². The van der Waals surface area contributed by atoms with Crippen LogP contribution in [0.4, 0.5) is 0 Å². The molecule has 146 valence electrons. The van der Waals surface area contributed by atoms with Crippen LogP contribution in [-0.2, 0) is 9.84 Å². The molecule has 0 spiro atoms. The molecule has 7 heteroatoms. The van der Waals surface area contributed by atoms with Crippen LogP contribution in [-0.4, -0.2) is 82.0 Å². The van der Waals surface area contributed by atoms with Crippen LogP contribution in [0.3, 0.4) is 0 Å². The summed E-state index contributed by atoms with van der Waals surface area (Å²) in [5.74, 6) is 2.70. The number of aliphatic imine (C=N–C) groups is 1. The molecule has 0 atom stereocenters. The van der Waals surface area contributed by atoms with E-state index in [9.17, 15) is 8.42 Å². The average molecular weight is 373 g/mol. The van der Waals surface area contributed by atoms with Crippen molar-refractivity contribution in [3.8, 4) is 0 Å². The van der Waals surface area contributed by atoms with Crippen LogP contribution in [0.1, 0.15) is 39.5 Å². The van der Waals surface area contributed by atoms with E-state index in [0.717, 1.165) is 50.0 Å². The lowest BCUT2D eigenvalue weighted by molar-refractivity contribution is 0.0865. The minimum Gasteiger partial charge on any atom is -0.355 e. The second-order valence-electron chi connectivity index (χ2n) is 7.94. The van der Waals surface area contributed by atoms with Crippen LogP contribution in [0, 0.1) is 11.8 Å². The molecule has 0 unspecified atom stereocenters. The van der Waals surface area contributed by atoms with Crippen molar-refractivity contribution < 1.29 is 8.42 Å². The average Bonchev–Trinajstić information content (AvgIpc) is 2.58. The lowest BCUT2D eigenvalue weighted by Crippen LogP contribution is -2.55. The molecule has 1 saturated carbocycles. The minimum atomic E-state index is -2.94. The number of rotatable bonds is 5. The topological polar surface area (TPSA) is 65.0 Å². The molecule has 0 aromatic rings. The van der Waals surface area contributed by atoms with Crippen molar-refractivity contribution in [3.05, 3.63) is 0 Å². The van der Waals surface area contributed by atoms with Crippen LogP contribution in [0.5, 0.6) is 0 Å². The summed E-state index contributed by atoms with van der Waals surface area (Å²) in [7, 11) is -1.17. The Bertz CT molecular complexity index is 531. The van der Waals surface area contributed by atoms with E-state index in [2.05, 4.69) is 34.0 Å². The molecule has 0 bridgehead atoms. The molecule has 1 aliphatic heterocycles. The van der Waals surface area contributed by atoms with Gasteiger partial charge < -0.3 is 10.2 Å². The van der Waals surface area contributed by atoms with Crippen LogP contribution in [0.2, 0.25) is 0 Å². The van der Waals surface area contributed by atoms with Gasteiger partial charge >= 0.3 is 0 Å². The highest BCUT2D eigenvalue weighted by molar-refractivity contribution is 7.90. The summed E-state index contributed by atoms with van der Waals surface area (Å²) < 4.78 is 22.5. The monoisotopic (exact) mass is 372 g/mol. The van der Waals surface area contributed by atoms with Gasteiger partial charge in [-0.2, -0.15) is 0 Å². The molecule has 1 aliphatic carbocycles. The lowest BCUT2D eigenvalue weighted by Gasteiger charge is -2.43. The fraction of sp³-hybridized carbons (Fsp3) is 0.944. The second kappa shape index (κ2) is 9.21. The first-order chi connectivity index (χ1) is 11.8. The number of guanidine groups is 1. The van der Waals surface area contributed by atoms with Crippen molar-refractivity contribution >= 4 is 15.8 Å². The highest BCUT2D eigenvalue weighted by Crippen LogP contribution is 2.32. The number of sulfone groups is 1. The first-order valence-corrected chi connectivity index (χ1v) is 11.7. The Morgan fingerprint density at radius 2 is 1.72 bits per heavy atom. The van der Waals surface area contributed by atoms with Crippen LogP contribution in [0.15, 0.2) is 4.99 Å². The van der Waals surface area contributed by atoms with E-state index in [4.69, 9.17) is 0 Å². The van der Waals surface area contributed by atoms with Crippen molar-refractivity contribution in [1.29, 1.82) is 0 Å². The van der Waals surface area contributed by atoms with Gasteiger partial charge in [-0.15, -0.1) is 0 Å². The van der Waals surface area contributed by atoms with Crippen LogP contribution >= 0.6 is 0 Å². The molecule has 1 N–H and O–H groups in total.